The van der Waals surface area contributed by atoms with Crippen molar-refractivity contribution >= 4 is 29.5 Å². The summed E-state index contributed by atoms with van der Waals surface area (Å²) in [5, 5.41) is 10.2. The van der Waals surface area contributed by atoms with Gasteiger partial charge in [-0.05, 0) is 110 Å². The number of carbonyl (C=O) groups excluding carboxylic acids is 2. The molecule has 13 heteroatoms. The fraction of sp³-hybridized carbons (Fsp3) is 0.818. The predicted molar refractivity (Wildman–Crippen MR) is 214 cm³/mol. The molecule has 4 saturated carbocycles. The van der Waals surface area contributed by atoms with Crippen molar-refractivity contribution in [3.63, 3.8) is 0 Å². The van der Waals surface area contributed by atoms with E-state index in [-0.39, 0.29) is 75.7 Å². The van der Waals surface area contributed by atoms with E-state index in [1.807, 2.05) is 13.0 Å². The number of aliphatic carboxylic acids is 1. The second kappa shape index (κ2) is 16.9. The van der Waals surface area contributed by atoms with E-state index in [2.05, 4.69) is 41.5 Å². The maximum absolute atomic E-state index is 14.7. The molecule has 0 unspecified atom stereocenters. The second-order valence-electron chi connectivity index (χ2n) is 19.4. The molecule has 0 aliphatic heterocycles. The number of ketones is 1. The number of hydrogen-bond acceptors (Lipinski definition) is 12. The number of carboxylic acid groups (broad SMARTS) is 1. The first-order chi connectivity index (χ1) is 26.8. The molecule has 1 aromatic rings. The van der Waals surface area contributed by atoms with Crippen LogP contribution in [0.1, 0.15) is 118 Å². The number of fused-ring (bicyclic) bond motifs is 7. The molecule has 0 amide bonds. The van der Waals surface area contributed by atoms with Crippen LogP contribution >= 0.6 is 11.8 Å². The normalized spacial score (nSPS) is 37.0. The Hall–Kier alpha value is -2.45. The summed E-state index contributed by atoms with van der Waals surface area (Å²) in [6.07, 6.45) is 9.34. The number of methoxy groups -OCH3 is 1. The molecule has 0 radical (unpaired) electrons. The lowest BCUT2D eigenvalue weighted by Gasteiger charge is -2.70. The average Bonchev–Trinajstić information content (AvgIpc) is 3.51. The summed E-state index contributed by atoms with van der Waals surface area (Å²) in [5.41, 5.74) is -0.587. The van der Waals surface area contributed by atoms with Gasteiger partial charge in [-0.1, -0.05) is 47.1 Å². The first-order valence-electron chi connectivity index (χ1n) is 20.9. The molecule has 12 nitrogen and oxygen atoms in total. The van der Waals surface area contributed by atoms with E-state index < -0.39 is 23.2 Å². The van der Waals surface area contributed by atoms with E-state index in [0.717, 1.165) is 38.5 Å². The van der Waals surface area contributed by atoms with Gasteiger partial charge in [-0.2, -0.15) is 11.8 Å². The minimum atomic E-state index is -0.845. The largest absolute Gasteiger partial charge is 0.519 e. The molecule has 0 spiro atoms. The zero-order chi connectivity index (χ0) is 41.4. The van der Waals surface area contributed by atoms with Crippen molar-refractivity contribution in [2.45, 2.75) is 125 Å². The summed E-state index contributed by atoms with van der Waals surface area (Å²) >= 11 is 1.51. The summed E-state index contributed by atoms with van der Waals surface area (Å²) in [5.74, 6) is -0.272. The monoisotopic (exact) mass is 818 g/mol. The molecule has 57 heavy (non-hydrogen) atoms. The molecule has 0 bridgehead atoms. The average molecular weight is 819 g/mol. The molecule has 1 heterocycles. The van der Waals surface area contributed by atoms with Crippen LogP contribution in [0, 0.1) is 50.2 Å². The van der Waals surface area contributed by atoms with Crippen LogP contribution in [0.4, 0.5) is 0 Å². The summed E-state index contributed by atoms with van der Waals surface area (Å²) in [6.45, 7) is 17.8. The van der Waals surface area contributed by atoms with Gasteiger partial charge >= 0.3 is 17.8 Å². The van der Waals surface area contributed by atoms with Crippen LogP contribution in [-0.2, 0) is 50.4 Å². The Bertz CT molecular complexity index is 1730. The highest BCUT2D eigenvalue weighted by Gasteiger charge is 2.70. The van der Waals surface area contributed by atoms with Gasteiger partial charge in [0.1, 0.15) is 6.61 Å². The summed E-state index contributed by atoms with van der Waals surface area (Å²) in [6, 6.07) is 0. The number of esters is 1. The molecule has 1 N–H and O–H groups in total. The fourth-order valence-electron chi connectivity index (χ4n) is 12.3. The van der Waals surface area contributed by atoms with Crippen LogP contribution in [-0.4, -0.2) is 81.4 Å². The molecule has 320 valence electrons. The van der Waals surface area contributed by atoms with E-state index in [4.69, 9.17) is 32.5 Å². The zero-order valence-electron chi connectivity index (χ0n) is 35.5. The first-order valence-corrected chi connectivity index (χ1v) is 22.1. The zero-order valence-corrected chi connectivity index (χ0v) is 36.3. The molecular formula is C44H66O12S. The Balaban J connectivity index is 1.05. The Morgan fingerprint density at radius 3 is 2.26 bits per heavy atom. The van der Waals surface area contributed by atoms with Crippen molar-refractivity contribution in [2.24, 2.45) is 50.2 Å². The lowest BCUT2D eigenvalue weighted by molar-refractivity contribution is -0.211. The summed E-state index contributed by atoms with van der Waals surface area (Å²) in [4.78, 5) is 52.1. The third-order valence-corrected chi connectivity index (χ3v) is 16.9. The number of ether oxygens (including phenoxy) is 5. The molecule has 1 aromatic heterocycles. The third-order valence-electron chi connectivity index (χ3n) is 15.9. The Kier molecular flexibility index (Phi) is 13.1. The van der Waals surface area contributed by atoms with Crippen molar-refractivity contribution < 1.29 is 52.0 Å². The Labute approximate surface area is 341 Å². The highest BCUT2D eigenvalue weighted by Crippen LogP contribution is 2.75. The van der Waals surface area contributed by atoms with Crippen LogP contribution in [0.25, 0.3) is 0 Å². The van der Waals surface area contributed by atoms with Gasteiger partial charge in [0.15, 0.2) is 23.9 Å². The highest BCUT2D eigenvalue weighted by molar-refractivity contribution is 7.98. The number of hydrogen-bond donors (Lipinski definition) is 1. The van der Waals surface area contributed by atoms with E-state index in [9.17, 15) is 24.3 Å². The Morgan fingerprint density at radius 1 is 0.860 bits per heavy atom. The van der Waals surface area contributed by atoms with Gasteiger partial charge in [-0.3, -0.25) is 9.59 Å². The fourth-order valence-corrected chi connectivity index (χ4v) is 13.1. The highest BCUT2D eigenvalue weighted by atomic mass is 32.2. The van der Waals surface area contributed by atoms with E-state index in [0.29, 0.717) is 69.6 Å². The number of thioether (sulfide) groups is 1. The standard InChI is InChI=1S/C44H66O12S/c1-39(2)33-9-12-44(7)36(30(45)23-28-29-24-41(4,37(47)48)14-13-40(29,3)15-16-43(28,44)6)42(33,5)11-10-34(39)53-26-35(46)54-25-31-32(56-38(49)55-31)27-57-22-21-52-20-19-51-18-17-50-8/h23,29,33-34,36H,9-22,24-27H2,1-8H3,(H,47,48)/t29-,33-,34-,36+,40+,41-,42-,43+,44+/m0/s1. The van der Waals surface area contributed by atoms with Crippen molar-refractivity contribution in [2.75, 3.05) is 52.5 Å². The van der Waals surface area contributed by atoms with Gasteiger partial charge in [-0.25, -0.2) is 9.59 Å². The molecule has 6 rings (SSSR count). The summed E-state index contributed by atoms with van der Waals surface area (Å²) < 4.78 is 38.1. The number of allylic oxidation sites excluding steroid dienone is 2. The van der Waals surface area contributed by atoms with Gasteiger partial charge in [0.2, 0.25) is 0 Å². The second-order valence-corrected chi connectivity index (χ2v) is 20.6. The van der Waals surface area contributed by atoms with Crippen LogP contribution in [0.5, 0.6) is 0 Å². The molecule has 9 atom stereocenters. The molecule has 5 aliphatic rings. The molecule has 5 aliphatic carbocycles. The number of carbonyl (C=O) groups is 3. The molecule has 0 saturated heterocycles. The summed E-state index contributed by atoms with van der Waals surface area (Å²) in [7, 11) is 1.62. The van der Waals surface area contributed by atoms with Gasteiger partial charge in [0, 0.05) is 18.8 Å². The first kappa shape index (κ1) is 44.1. The van der Waals surface area contributed by atoms with Gasteiger partial charge in [-0.15, -0.1) is 0 Å². The van der Waals surface area contributed by atoms with Crippen LogP contribution in [0.2, 0.25) is 0 Å². The van der Waals surface area contributed by atoms with Crippen molar-refractivity contribution in [1.29, 1.82) is 0 Å². The lowest BCUT2D eigenvalue weighted by Crippen LogP contribution is -2.66. The smallest absolute Gasteiger partial charge is 0.481 e. The topological polar surface area (TPSA) is 161 Å². The number of rotatable bonds is 17. The van der Waals surface area contributed by atoms with E-state index in [1.165, 1.54) is 17.3 Å². The molecule has 0 aromatic carbocycles. The van der Waals surface area contributed by atoms with Gasteiger partial charge in [0.25, 0.3) is 0 Å². The minimum absolute atomic E-state index is 0.00745. The van der Waals surface area contributed by atoms with E-state index >= 15 is 0 Å². The van der Waals surface area contributed by atoms with Crippen molar-refractivity contribution in [3.05, 3.63) is 33.8 Å². The maximum atomic E-state index is 14.7. The van der Waals surface area contributed by atoms with Gasteiger partial charge in [0.05, 0.1) is 50.3 Å². The van der Waals surface area contributed by atoms with Crippen LogP contribution < -0.4 is 5.82 Å². The van der Waals surface area contributed by atoms with Gasteiger partial charge < -0.3 is 37.6 Å². The minimum Gasteiger partial charge on any atom is -0.481 e. The van der Waals surface area contributed by atoms with Crippen LogP contribution in [0.3, 0.4) is 0 Å². The molecule has 4 fully saturated rings. The third kappa shape index (κ3) is 8.22. The Morgan fingerprint density at radius 2 is 1.54 bits per heavy atom. The van der Waals surface area contributed by atoms with E-state index in [1.54, 1.807) is 7.11 Å². The van der Waals surface area contributed by atoms with Crippen LogP contribution in [0.15, 0.2) is 25.3 Å². The quantitative estimate of drug-likeness (QED) is 0.121. The SMILES string of the molecule is COCCOCCOCCSCc1oc(=O)oc1COC(=O)CO[C@H]1CC[C@]2(C)[C@H]3C(=O)C=C4[C@@H]5C[C@@](C)(C(=O)O)CC[C@]5(C)CC[C@@]4(C)[C@]3(C)CC[C@H]2C1(C)C. The number of carboxylic acids is 1. The van der Waals surface area contributed by atoms with Crippen molar-refractivity contribution in [3.8, 4) is 0 Å². The van der Waals surface area contributed by atoms with Crippen molar-refractivity contribution in [1.82, 2.24) is 0 Å². The maximum Gasteiger partial charge on any atom is 0.519 e. The molecular weight excluding hydrogens is 753 g/mol. The predicted octanol–water partition coefficient (Wildman–Crippen LogP) is 7.64. The lowest BCUT2D eigenvalue weighted by atomic mass is 9.33.